The number of hydrogen-bond donors (Lipinski definition) is 3. The lowest BCUT2D eigenvalue weighted by Gasteiger charge is -2.07. The first kappa shape index (κ1) is 14.8. The highest BCUT2D eigenvalue weighted by atomic mass is 16.6. The van der Waals surface area contributed by atoms with E-state index in [0.717, 1.165) is 12.8 Å². The van der Waals surface area contributed by atoms with Crippen LogP contribution in [-0.4, -0.2) is 36.4 Å². The number of nitro benzene ring substituents is 1. The Morgan fingerprint density at radius 2 is 2.10 bits per heavy atom. The largest absolute Gasteiger partial charge is 0.383 e. The molecule has 0 saturated heterocycles. The molecule has 0 aliphatic heterocycles. The van der Waals surface area contributed by atoms with Crippen LogP contribution in [0, 0.1) is 10.1 Å². The molecule has 3 N–H and O–H groups in total. The molecule has 8 heteroatoms. The molecule has 112 valence electrons. The summed E-state index contributed by atoms with van der Waals surface area (Å²) in [4.78, 5) is 33.7. The van der Waals surface area contributed by atoms with Crippen molar-refractivity contribution in [2.24, 2.45) is 0 Å². The van der Waals surface area contributed by atoms with E-state index >= 15 is 0 Å². The quantitative estimate of drug-likeness (QED) is 0.526. The number of nitro groups is 1. The third-order valence-corrected chi connectivity index (χ3v) is 3.08. The van der Waals surface area contributed by atoms with Crippen molar-refractivity contribution in [2.45, 2.75) is 18.9 Å². The molecule has 2 amide bonds. The number of carbonyl (C=O) groups is 2. The van der Waals surface area contributed by atoms with Gasteiger partial charge < -0.3 is 16.0 Å². The van der Waals surface area contributed by atoms with Crippen LogP contribution >= 0.6 is 0 Å². The number of benzene rings is 1. The number of anilines is 1. The summed E-state index contributed by atoms with van der Waals surface area (Å²) in [5.41, 5.74) is 0.274. The fraction of sp³-hybridized carbons (Fsp3) is 0.385. The minimum atomic E-state index is -0.567. The van der Waals surface area contributed by atoms with Gasteiger partial charge in [0.15, 0.2) is 0 Å². The Kier molecular flexibility index (Phi) is 4.36. The molecule has 1 fully saturated rings. The first-order chi connectivity index (χ1) is 10.0. The van der Waals surface area contributed by atoms with Crippen LogP contribution in [0.5, 0.6) is 0 Å². The number of carbonyl (C=O) groups excluding carboxylic acids is 2. The molecule has 1 aromatic carbocycles. The van der Waals surface area contributed by atoms with E-state index in [-0.39, 0.29) is 29.7 Å². The Morgan fingerprint density at radius 3 is 2.67 bits per heavy atom. The smallest absolute Gasteiger partial charge is 0.293 e. The van der Waals surface area contributed by atoms with Gasteiger partial charge in [-0.25, -0.2) is 0 Å². The van der Waals surface area contributed by atoms with Crippen LogP contribution in [-0.2, 0) is 4.79 Å². The number of nitrogens with one attached hydrogen (secondary N) is 3. The van der Waals surface area contributed by atoms with Gasteiger partial charge in [-0.15, -0.1) is 0 Å². The van der Waals surface area contributed by atoms with Gasteiger partial charge >= 0.3 is 0 Å². The molecule has 0 heterocycles. The topological polar surface area (TPSA) is 113 Å². The van der Waals surface area contributed by atoms with E-state index in [4.69, 9.17) is 0 Å². The molecular formula is C13H16N4O4. The standard InChI is InChI=1S/C13H16N4O4/c1-14-10-5-2-8(6-11(10)17(20)21)13(19)15-7-12(18)16-9-3-4-9/h2,5-6,9,14H,3-4,7H2,1H3,(H,15,19)(H,16,18). The number of hydrogen-bond acceptors (Lipinski definition) is 5. The monoisotopic (exact) mass is 292 g/mol. The summed E-state index contributed by atoms with van der Waals surface area (Å²) in [5, 5.41) is 18.8. The number of rotatable bonds is 6. The maximum absolute atomic E-state index is 11.9. The second-order valence-electron chi connectivity index (χ2n) is 4.76. The van der Waals surface area contributed by atoms with Crippen molar-refractivity contribution in [2.75, 3.05) is 18.9 Å². The van der Waals surface area contributed by atoms with Gasteiger partial charge in [0.05, 0.1) is 11.5 Å². The van der Waals surface area contributed by atoms with E-state index in [0.29, 0.717) is 5.69 Å². The SMILES string of the molecule is CNc1ccc(C(=O)NCC(=O)NC2CC2)cc1[N+](=O)[O-]. The van der Waals surface area contributed by atoms with Crippen molar-refractivity contribution in [3.8, 4) is 0 Å². The van der Waals surface area contributed by atoms with Gasteiger partial charge in [0.1, 0.15) is 5.69 Å². The molecule has 0 atom stereocenters. The van der Waals surface area contributed by atoms with Crippen LogP contribution in [0.25, 0.3) is 0 Å². The van der Waals surface area contributed by atoms with Gasteiger partial charge in [0.2, 0.25) is 5.91 Å². The Bertz CT molecular complexity index is 584. The zero-order valence-corrected chi connectivity index (χ0v) is 11.5. The fourth-order valence-electron chi connectivity index (χ4n) is 1.80. The van der Waals surface area contributed by atoms with Crippen molar-refractivity contribution < 1.29 is 14.5 Å². The van der Waals surface area contributed by atoms with Crippen LogP contribution < -0.4 is 16.0 Å². The van der Waals surface area contributed by atoms with Crippen molar-refractivity contribution in [3.05, 3.63) is 33.9 Å². The first-order valence-electron chi connectivity index (χ1n) is 6.55. The third-order valence-electron chi connectivity index (χ3n) is 3.08. The molecule has 0 spiro atoms. The van der Waals surface area contributed by atoms with Gasteiger partial charge in [-0.1, -0.05) is 0 Å². The molecular weight excluding hydrogens is 276 g/mol. The third kappa shape index (κ3) is 3.91. The molecule has 1 aliphatic carbocycles. The van der Waals surface area contributed by atoms with Crippen LogP contribution in [0.4, 0.5) is 11.4 Å². The van der Waals surface area contributed by atoms with E-state index in [9.17, 15) is 19.7 Å². The molecule has 1 aromatic rings. The van der Waals surface area contributed by atoms with Gasteiger partial charge in [-0.05, 0) is 25.0 Å². The lowest BCUT2D eigenvalue weighted by Crippen LogP contribution is -2.37. The lowest BCUT2D eigenvalue weighted by molar-refractivity contribution is -0.384. The highest BCUT2D eigenvalue weighted by molar-refractivity contribution is 5.97. The first-order valence-corrected chi connectivity index (χ1v) is 6.55. The summed E-state index contributed by atoms with van der Waals surface area (Å²) in [6.07, 6.45) is 1.94. The number of nitrogens with zero attached hydrogens (tertiary/aromatic N) is 1. The normalized spacial score (nSPS) is 13.4. The molecule has 1 saturated carbocycles. The van der Waals surface area contributed by atoms with Crippen LogP contribution in [0.1, 0.15) is 23.2 Å². The van der Waals surface area contributed by atoms with E-state index in [1.807, 2.05) is 0 Å². The van der Waals surface area contributed by atoms with Gasteiger partial charge in [-0.2, -0.15) is 0 Å². The predicted octanol–water partition coefficient (Wildman–Crippen LogP) is 0.645. The molecule has 8 nitrogen and oxygen atoms in total. The molecule has 0 unspecified atom stereocenters. The second kappa shape index (κ2) is 6.21. The fourth-order valence-corrected chi connectivity index (χ4v) is 1.80. The van der Waals surface area contributed by atoms with Gasteiger partial charge in [-0.3, -0.25) is 19.7 Å². The molecule has 0 radical (unpaired) electrons. The van der Waals surface area contributed by atoms with E-state index in [2.05, 4.69) is 16.0 Å². The van der Waals surface area contributed by atoms with Gasteiger partial charge in [0.25, 0.3) is 11.6 Å². The Hall–Kier alpha value is -2.64. The molecule has 0 aromatic heterocycles. The zero-order valence-electron chi connectivity index (χ0n) is 11.5. The second-order valence-corrected chi connectivity index (χ2v) is 4.76. The minimum absolute atomic E-state index is 0.139. The predicted molar refractivity (Wildman–Crippen MR) is 76.1 cm³/mol. The summed E-state index contributed by atoms with van der Waals surface area (Å²) in [5.74, 6) is -0.779. The average molecular weight is 292 g/mol. The Labute approximate surface area is 121 Å². The maximum atomic E-state index is 11.9. The molecule has 21 heavy (non-hydrogen) atoms. The van der Waals surface area contributed by atoms with E-state index < -0.39 is 10.8 Å². The number of amides is 2. The lowest BCUT2D eigenvalue weighted by atomic mass is 10.1. The van der Waals surface area contributed by atoms with Crippen molar-refractivity contribution >= 4 is 23.2 Å². The molecule has 2 rings (SSSR count). The summed E-state index contributed by atoms with van der Waals surface area (Å²) in [7, 11) is 1.56. The summed E-state index contributed by atoms with van der Waals surface area (Å²) >= 11 is 0. The summed E-state index contributed by atoms with van der Waals surface area (Å²) in [6.45, 7) is -0.142. The average Bonchev–Trinajstić information content (AvgIpc) is 3.27. The molecule has 0 bridgehead atoms. The zero-order chi connectivity index (χ0) is 15.4. The summed E-state index contributed by atoms with van der Waals surface area (Å²) < 4.78 is 0. The van der Waals surface area contributed by atoms with Crippen molar-refractivity contribution in [1.29, 1.82) is 0 Å². The van der Waals surface area contributed by atoms with Crippen LogP contribution in [0.2, 0.25) is 0 Å². The van der Waals surface area contributed by atoms with Crippen LogP contribution in [0.3, 0.4) is 0 Å². The Balaban J connectivity index is 1.99. The van der Waals surface area contributed by atoms with Crippen LogP contribution in [0.15, 0.2) is 18.2 Å². The highest BCUT2D eigenvalue weighted by Crippen LogP contribution is 2.24. The van der Waals surface area contributed by atoms with E-state index in [1.54, 1.807) is 7.05 Å². The summed E-state index contributed by atoms with van der Waals surface area (Å²) in [6, 6.07) is 4.33. The minimum Gasteiger partial charge on any atom is -0.383 e. The van der Waals surface area contributed by atoms with Crippen molar-refractivity contribution in [1.82, 2.24) is 10.6 Å². The highest BCUT2D eigenvalue weighted by Gasteiger charge is 2.23. The van der Waals surface area contributed by atoms with Gasteiger partial charge in [0, 0.05) is 24.7 Å². The van der Waals surface area contributed by atoms with E-state index in [1.165, 1.54) is 18.2 Å². The van der Waals surface area contributed by atoms with Crippen molar-refractivity contribution in [3.63, 3.8) is 0 Å². The molecule has 1 aliphatic rings. The Morgan fingerprint density at radius 1 is 1.38 bits per heavy atom. The maximum Gasteiger partial charge on any atom is 0.293 e.